The van der Waals surface area contributed by atoms with Crippen molar-refractivity contribution in [3.8, 4) is 0 Å². The third-order valence-electron chi connectivity index (χ3n) is 2.39. The highest BCUT2D eigenvalue weighted by atomic mass is 35.5. The van der Waals surface area contributed by atoms with E-state index >= 15 is 0 Å². The molecule has 1 aromatic carbocycles. The molecule has 2 nitrogen and oxygen atoms in total. The summed E-state index contributed by atoms with van der Waals surface area (Å²) in [6.07, 6.45) is 0.0228. The summed E-state index contributed by atoms with van der Waals surface area (Å²) < 4.78 is 18.7. The van der Waals surface area contributed by atoms with Gasteiger partial charge in [0.15, 0.2) is 0 Å². The summed E-state index contributed by atoms with van der Waals surface area (Å²) in [4.78, 5) is 0. The highest BCUT2D eigenvalue weighted by Crippen LogP contribution is 2.32. The normalized spacial score (nSPS) is 15.2. The van der Waals surface area contributed by atoms with E-state index in [9.17, 15) is 4.39 Å². The Morgan fingerprint density at radius 1 is 1.50 bits per heavy atom. The molecule has 0 saturated heterocycles. The number of rotatable bonds is 4. The van der Waals surface area contributed by atoms with Crippen LogP contribution in [0.3, 0.4) is 0 Å². The van der Waals surface area contributed by atoms with Crippen LogP contribution < -0.4 is 5.73 Å². The van der Waals surface area contributed by atoms with Crippen molar-refractivity contribution in [1.29, 1.82) is 0 Å². The lowest BCUT2D eigenvalue weighted by atomic mass is 9.95. The van der Waals surface area contributed by atoms with Gasteiger partial charge in [0.05, 0.1) is 6.10 Å². The van der Waals surface area contributed by atoms with Crippen molar-refractivity contribution >= 4 is 11.6 Å². The van der Waals surface area contributed by atoms with Gasteiger partial charge in [0.2, 0.25) is 0 Å². The lowest BCUT2D eigenvalue weighted by Gasteiger charge is -2.32. The van der Waals surface area contributed by atoms with Crippen molar-refractivity contribution in [2.24, 2.45) is 5.73 Å². The first kappa shape index (κ1) is 13.4. The molecule has 0 aliphatic heterocycles. The molecule has 90 valence electrons. The number of hydrogen-bond acceptors (Lipinski definition) is 2. The maximum absolute atomic E-state index is 12.9. The van der Waals surface area contributed by atoms with Gasteiger partial charge in [-0.05, 0) is 32.9 Å². The number of benzene rings is 1. The van der Waals surface area contributed by atoms with Crippen LogP contribution in [-0.2, 0) is 10.3 Å². The van der Waals surface area contributed by atoms with Gasteiger partial charge in [0, 0.05) is 17.1 Å². The van der Waals surface area contributed by atoms with Crippen LogP contribution in [-0.4, -0.2) is 12.6 Å². The molecule has 0 heterocycles. The Hall–Kier alpha value is -0.640. The lowest BCUT2D eigenvalue weighted by Crippen LogP contribution is -2.37. The molecule has 0 radical (unpaired) electrons. The van der Waals surface area contributed by atoms with Crippen LogP contribution in [0.5, 0.6) is 0 Å². The Bertz CT molecular complexity index is 370. The summed E-state index contributed by atoms with van der Waals surface area (Å²) >= 11 is 6.00. The maximum atomic E-state index is 12.9. The van der Waals surface area contributed by atoms with Crippen LogP contribution in [0.4, 0.5) is 4.39 Å². The van der Waals surface area contributed by atoms with E-state index in [4.69, 9.17) is 22.1 Å². The Balaban J connectivity index is 3.12. The minimum absolute atomic E-state index is 0.0228. The molecule has 1 atom stereocenters. The molecular weight excluding hydrogens is 229 g/mol. The molecule has 0 bridgehead atoms. The second-order valence-electron chi connectivity index (χ2n) is 4.23. The van der Waals surface area contributed by atoms with Crippen molar-refractivity contribution in [1.82, 2.24) is 0 Å². The molecule has 0 aliphatic carbocycles. The molecule has 0 spiro atoms. The van der Waals surface area contributed by atoms with Crippen LogP contribution in [0, 0.1) is 5.82 Å². The zero-order chi connectivity index (χ0) is 12.3. The molecular formula is C12H17ClFNO. The molecule has 4 heteroatoms. The highest BCUT2D eigenvalue weighted by Gasteiger charge is 2.29. The predicted octanol–water partition coefficient (Wildman–Crippen LogP) is 3.08. The highest BCUT2D eigenvalue weighted by molar-refractivity contribution is 6.31. The fourth-order valence-corrected chi connectivity index (χ4v) is 2.03. The minimum atomic E-state index is -0.682. The monoisotopic (exact) mass is 245 g/mol. The van der Waals surface area contributed by atoms with Gasteiger partial charge in [-0.25, -0.2) is 4.39 Å². The fraction of sp³-hybridized carbons (Fsp3) is 0.500. The number of nitrogens with two attached hydrogens (primary N) is 1. The van der Waals surface area contributed by atoms with Crippen LogP contribution in [0.15, 0.2) is 18.2 Å². The van der Waals surface area contributed by atoms with Crippen molar-refractivity contribution < 1.29 is 9.13 Å². The number of ether oxygens (including phenoxy) is 1. The number of halogens is 2. The van der Waals surface area contributed by atoms with Crippen molar-refractivity contribution in [2.75, 3.05) is 6.54 Å². The largest absolute Gasteiger partial charge is 0.367 e. The SMILES string of the molecule is CC(C)OC(C)(CN)c1ccc(F)cc1Cl. The molecule has 0 fully saturated rings. The smallest absolute Gasteiger partial charge is 0.124 e. The second kappa shape index (κ2) is 5.13. The molecule has 0 aliphatic rings. The average Bonchev–Trinajstić information content (AvgIpc) is 2.16. The van der Waals surface area contributed by atoms with Gasteiger partial charge in [-0.2, -0.15) is 0 Å². The van der Waals surface area contributed by atoms with Gasteiger partial charge in [0.1, 0.15) is 11.4 Å². The molecule has 1 rings (SSSR count). The van der Waals surface area contributed by atoms with Gasteiger partial charge in [-0.1, -0.05) is 17.7 Å². The second-order valence-corrected chi connectivity index (χ2v) is 4.63. The maximum Gasteiger partial charge on any atom is 0.124 e. The van der Waals surface area contributed by atoms with Gasteiger partial charge in [-0.3, -0.25) is 0 Å². The Kier molecular flexibility index (Phi) is 4.30. The predicted molar refractivity (Wildman–Crippen MR) is 64.0 cm³/mol. The summed E-state index contributed by atoms with van der Waals surface area (Å²) in [5.41, 5.74) is 5.75. The topological polar surface area (TPSA) is 35.2 Å². The Morgan fingerprint density at radius 3 is 2.56 bits per heavy atom. The fourth-order valence-electron chi connectivity index (χ4n) is 1.66. The van der Waals surface area contributed by atoms with Crippen LogP contribution in [0.25, 0.3) is 0 Å². The summed E-state index contributed by atoms with van der Waals surface area (Å²) in [5, 5.41) is 0.341. The van der Waals surface area contributed by atoms with E-state index in [-0.39, 0.29) is 18.5 Å². The van der Waals surface area contributed by atoms with E-state index in [0.717, 1.165) is 0 Å². The summed E-state index contributed by atoms with van der Waals surface area (Å²) in [6, 6.07) is 4.25. The van der Waals surface area contributed by atoms with E-state index in [1.807, 2.05) is 20.8 Å². The van der Waals surface area contributed by atoms with Crippen molar-refractivity contribution in [3.63, 3.8) is 0 Å². The molecule has 1 aromatic rings. The molecule has 0 saturated carbocycles. The first-order valence-electron chi connectivity index (χ1n) is 5.22. The Morgan fingerprint density at radius 2 is 2.12 bits per heavy atom. The van der Waals surface area contributed by atoms with Crippen LogP contribution in [0.2, 0.25) is 5.02 Å². The first-order valence-corrected chi connectivity index (χ1v) is 5.60. The summed E-state index contributed by atoms with van der Waals surface area (Å²) in [5.74, 6) is -0.363. The van der Waals surface area contributed by atoms with Gasteiger partial charge >= 0.3 is 0 Å². The number of hydrogen-bond donors (Lipinski definition) is 1. The van der Waals surface area contributed by atoms with Crippen molar-refractivity contribution in [2.45, 2.75) is 32.5 Å². The van der Waals surface area contributed by atoms with Gasteiger partial charge < -0.3 is 10.5 Å². The Labute approximate surface area is 101 Å². The molecule has 1 unspecified atom stereocenters. The van der Waals surface area contributed by atoms with Crippen LogP contribution in [0.1, 0.15) is 26.3 Å². The average molecular weight is 246 g/mol. The van der Waals surface area contributed by atoms with E-state index in [1.54, 1.807) is 6.07 Å². The third kappa shape index (κ3) is 2.94. The van der Waals surface area contributed by atoms with E-state index in [2.05, 4.69) is 0 Å². The van der Waals surface area contributed by atoms with E-state index in [1.165, 1.54) is 12.1 Å². The quantitative estimate of drug-likeness (QED) is 0.885. The molecule has 2 N–H and O–H groups in total. The molecule has 0 aromatic heterocycles. The third-order valence-corrected chi connectivity index (χ3v) is 2.70. The van der Waals surface area contributed by atoms with E-state index < -0.39 is 5.60 Å². The standard InChI is InChI=1S/C12H17ClFNO/c1-8(2)16-12(3,7-15)10-5-4-9(14)6-11(10)13/h4-6,8H,7,15H2,1-3H3. The van der Waals surface area contributed by atoms with E-state index in [0.29, 0.717) is 10.6 Å². The zero-order valence-electron chi connectivity index (χ0n) is 9.76. The zero-order valence-corrected chi connectivity index (χ0v) is 10.5. The summed E-state index contributed by atoms with van der Waals surface area (Å²) in [6.45, 7) is 5.99. The summed E-state index contributed by atoms with van der Waals surface area (Å²) in [7, 11) is 0. The van der Waals surface area contributed by atoms with Crippen molar-refractivity contribution in [3.05, 3.63) is 34.6 Å². The van der Waals surface area contributed by atoms with Crippen LogP contribution >= 0.6 is 11.6 Å². The lowest BCUT2D eigenvalue weighted by molar-refractivity contribution is -0.0664. The molecule has 16 heavy (non-hydrogen) atoms. The van der Waals surface area contributed by atoms with Gasteiger partial charge in [-0.15, -0.1) is 0 Å². The minimum Gasteiger partial charge on any atom is -0.367 e. The van der Waals surface area contributed by atoms with Gasteiger partial charge in [0.25, 0.3) is 0 Å². The first-order chi connectivity index (χ1) is 7.39. The molecule has 0 amide bonds.